The van der Waals surface area contributed by atoms with E-state index in [9.17, 15) is 22.8 Å². The number of amides is 1. The highest BCUT2D eigenvalue weighted by molar-refractivity contribution is 6.31. The first kappa shape index (κ1) is 24.8. The summed E-state index contributed by atoms with van der Waals surface area (Å²) in [5.41, 5.74) is -0.518. The van der Waals surface area contributed by atoms with Gasteiger partial charge in [0.15, 0.2) is 6.61 Å². The van der Waals surface area contributed by atoms with E-state index in [0.717, 1.165) is 23.2 Å². The van der Waals surface area contributed by atoms with Crippen LogP contribution in [0.1, 0.15) is 21.5 Å². The maximum absolute atomic E-state index is 13.2. The number of halogens is 4. The average molecular weight is 491 g/mol. The third-order valence-electron chi connectivity index (χ3n) is 4.48. The smallest absolute Gasteiger partial charge is 0.416 e. The first-order chi connectivity index (χ1) is 16.2. The van der Waals surface area contributed by atoms with Crippen molar-refractivity contribution in [1.29, 1.82) is 0 Å². The molecule has 0 heterocycles. The number of carbonyl (C=O) groups excluding carboxylic acids is 2. The number of rotatable bonds is 7. The standard InChI is InChI=1S/C24H18ClF3N2O4/c1-33-21-11-10-18(25)13-20(21)23(32)34-15-22(31)30(29-14-16-6-3-2-4-7-16)19-9-5-8-17(12-19)24(26,27)28/h2-14H,15H2,1H3/b29-14+. The fraction of sp³-hybridized carbons (Fsp3) is 0.125. The maximum Gasteiger partial charge on any atom is 0.416 e. The minimum atomic E-state index is -4.62. The third kappa shape index (κ3) is 6.35. The Morgan fingerprint density at radius 3 is 2.44 bits per heavy atom. The fourth-order valence-corrected chi connectivity index (χ4v) is 3.03. The number of methoxy groups -OCH3 is 1. The Bertz CT molecular complexity index is 1200. The predicted molar refractivity (Wildman–Crippen MR) is 121 cm³/mol. The largest absolute Gasteiger partial charge is 0.496 e. The normalized spacial score (nSPS) is 11.3. The van der Waals surface area contributed by atoms with Gasteiger partial charge in [0.2, 0.25) is 0 Å². The van der Waals surface area contributed by atoms with Crippen LogP contribution in [0.15, 0.2) is 77.9 Å². The second kappa shape index (κ2) is 10.8. The van der Waals surface area contributed by atoms with Crippen LogP contribution in [0, 0.1) is 0 Å². The van der Waals surface area contributed by atoms with E-state index in [-0.39, 0.29) is 22.0 Å². The summed E-state index contributed by atoms with van der Waals surface area (Å²) in [5.74, 6) is -1.59. The molecule has 0 aliphatic carbocycles. The van der Waals surface area contributed by atoms with Gasteiger partial charge in [0.05, 0.1) is 24.6 Å². The Labute approximate surface area is 198 Å². The molecule has 34 heavy (non-hydrogen) atoms. The van der Waals surface area contributed by atoms with E-state index >= 15 is 0 Å². The van der Waals surface area contributed by atoms with Gasteiger partial charge in [0.1, 0.15) is 11.3 Å². The lowest BCUT2D eigenvalue weighted by Crippen LogP contribution is -2.31. The van der Waals surface area contributed by atoms with Gasteiger partial charge in [0, 0.05) is 5.02 Å². The van der Waals surface area contributed by atoms with Crippen molar-refractivity contribution in [1.82, 2.24) is 0 Å². The van der Waals surface area contributed by atoms with Crippen LogP contribution < -0.4 is 9.75 Å². The molecule has 3 aromatic rings. The second-order valence-corrected chi connectivity index (χ2v) is 7.27. The summed E-state index contributed by atoms with van der Waals surface area (Å²) in [7, 11) is 1.35. The van der Waals surface area contributed by atoms with Gasteiger partial charge in [-0.05, 0) is 42.0 Å². The lowest BCUT2D eigenvalue weighted by Gasteiger charge is -2.19. The first-order valence-electron chi connectivity index (χ1n) is 9.79. The Kier molecular flexibility index (Phi) is 7.91. The number of nitrogens with zero attached hydrogens (tertiary/aromatic N) is 2. The zero-order chi connectivity index (χ0) is 24.7. The molecule has 6 nitrogen and oxygen atoms in total. The number of ether oxygens (including phenoxy) is 2. The van der Waals surface area contributed by atoms with E-state index in [0.29, 0.717) is 5.56 Å². The molecule has 0 aliphatic rings. The van der Waals surface area contributed by atoms with Crippen LogP contribution in [0.3, 0.4) is 0 Å². The quantitative estimate of drug-likeness (QED) is 0.246. The molecule has 0 saturated heterocycles. The molecule has 0 N–H and O–H groups in total. The van der Waals surface area contributed by atoms with Crippen LogP contribution in [-0.4, -0.2) is 31.8 Å². The number of carbonyl (C=O) groups is 2. The van der Waals surface area contributed by atoms with Gasteiger partial charge in [-0.3, -0.25) is 4.79 Å². The van der Waals surface area contributed by atoms with Crippen LogP contribution in [0.2, 0.25) is 5.02 Å². The lowest BCUT2D eigenvalue weighted by molar-refractivity contribution is -0.137. The summed E-state index contributed by atoms with van der Waals surface area (Å²) in [4.78, 5) is 25.4. The fourth-order valence-electron chi connectivity index (χ4n) is 2.86. The van der Waals surface area contributed by atoms with Crippen molar-refractivity contribution < 1.29 is 32.2 Å². The highest BCUT2D eigenvalue weighted by Gasteiger charge is 2.31. The highest BCUT2D eigenvalue weighted by Crippen LogP contribution is 2.32. The van der Waals surface area contributed by atoms with E-state index in [1.807, 2.05) is 0 Å². The molecular formula is C24H18ClF3N2O4. The van der Waals surface area contributed by atoms with Crippen molar-refractivity contribution >= 4 is 35.4 Å². The lowest BCUT2D eigenvalue weighted by atomic mass is 10.2. The van der Waals surface area contributed by atoms with E-state index in [1.165, 1.54) is 37.6 Å². The number of hydrogen-bond acceptors (Lipinski definition) is 5. The first-order valence-corrected chi connectivity index (χ1v) is 10.2. The van der Waals surface area contributed by atoms with E-state index in [2.05, 4.69) is 5.10 Å². The number of hydrazone groups is 1. The van der Waals surface area contributed by atoms with Gasteiger partial charge in [-0.25, -0.2) is 4.79 Å². The molecule has 0 radical (unpaired) electrons. The summed E-state index contributed by atoms with van der Waals surface area (Å²) >= 11 is 5.91. The van der Waals surface area contributed by atoms with Crippen LogP contribution in [0.5, 0.6) is 5.75 Å². The zero-order valence-electron chi connectivity index (χ0n) is 17.8. The van der Waals surface area contributed by atoms with Crippen molar-refractivity contribution in [3.8, 4) is 5.75 Å². The number of benzene rings is 3. The number of esters is 1. The summed E-state index contributed by atoms with van der Waals surface area (Å²) in [6.07, 6.45) is -3.32. The Morgan fingerprint density at radius 2 is 1.76 bits per heavy atom. The summed E-state index contributed by atoms with van der Waals surface area (Å²) in [6, 6.07) is 17.0. The van der Waals surface area contributed by atoms with Gasteiger partial charge in [-0.15, -0.1) is 0 Å². The van der Waals surface area contributed by atoms with Crippen molar-refractivity contribution in [2.75, 3.05) is 18.7 Å². The average Bonchev–Trinajstić information content (AvgIpc) is 2.83. The molecule has 1 amide bonds. The number of alkyl halides is 3. The van der Waals surface area contributed by atoms with Gasteiger partial charge in [0.25, 0.3) is 5.91 Å². The Balaban J connectivity index is 1.86. The van der Waals surface area contributed by atoms with Crippen molar-refractivity contribution in [3.05, 3.63) is 94.5 Å². The van der Waals surface area contributed by atoms with Crippen molar-refractivity contribution in [2.24, 2.45) is 5.10 Å². The Morgan fingerprint density at radius 1 is 1.03 bits per heavy atom. The molecule has 0 unspecified atom stereocenters. The number of anilines is 1. The SMILES string of the molecule is COc1ccc(Cl)cc1C(=O)OCC(=O)N(/N=C/c1ccccc1)c1cccc(C(F)(F)F)c1. The monoisotopic (exact) mass is 490 g/mol. The van der Waals surface area contributed by atoms with Gasteiger partial charge in [-0.2, -0.15) is 23.3 Å². The second-order valence-electron chi connectivity index (χ2n) is 6.83. The van der Waals surface area contributed by atoms with Crippen molar-refractivity contribution in [3.63, 3.8) is 0 Å². The molecule has 0 aliphatic heterocycles. The van der Waals surface area contributed by atoms with Crippen LogP contribution in [0.25, 0.3) is 0 Å². The van der Waals surface area contributed by atoms with E-state index in [4.69, 9.17) is 21.1 Å². The van der Waals surface area contributed by atoms with Crippen LogP contribution in [-0.2, 0) is 15.7 Å². The third-order valence-corrected chi connectivity index (χ3v) is 4.72. The molecule has 0 spiro atoms. The minimum Gasteiger partial charge on any atom is -0.496 e. The molecule has 3 aromatic carbocycles. The van der Waals surface area contributed by atoms with Gasteiger partial charge >= 0.3 is 12.1 Å². The molecule has 0 aromatic heterocycles. The summed E-state index contributed by atoms with van der Waals surface area (Å²) in [5, 5.41) is 5.03. The molecule has 10 heteroatoms. The molecule has 0 bridgehead atoms. The minimum absolute atomic E-state index is 0.0128. The molecule has 3 rings (SSSR count). The predicted octanol–water partition coefficient (Wildman–Crippen LogP) is 5.59. The molecule has 176 valence electrons. The maximum atomic E-state index is 13.2. The molecular weight excluding hydrogens is 473 g/mol. The van der Waals surface area contributed by atoms with Crippen molar-refractivity contribution in [2.45, 2.75) is 6.18 Å². The van der Waals surface area contributed by atoms with Crippen LogP contribution in [0.4, 0.5) is 18.9 Å². The van der Waals surface area contributed by atoms with Gasteiger partial charge in [-0.1, -0.05) is 48.0 Å². The zero-order valence-corrected chi connectivity index (χ0v) is 18.5. The number of hydrogen-bond donors (Lipinski definition) is 0. The molecule has 0 saturated carbocycles. The van der Waals surface area contributed by atoms with Gasteiger partial charge < -0.3 is 9.47 Å². The molecule has 0 atom stereocenters. The van der Waals surface area contributed by atoms with E-state index < -0.39 is 30.2 Å². The summed E-state index contributed by atoms with van der Waals surface area (Å²) in [6.45, 7) is -0.795. The highest BCUT2D eigenvalue weighted by atomic mass is 35.5. The van der Waals surface area contributed by atoms with Crippen LogP contribution >= 0.6 is 11.6 Å². The topological polar surface area (TPSA) is 68.2 Å². The van der Waals surface area contributed by atoms with E-state index in [1.54, 1.807) is 30.3 Å². The molecule has 0 fully saturated rings. The summed E-state index contributed by atoms with van der Waals surface area (Å²) < 4.78 is 49.8. The Hall–Kier alpha value is -3.85.